The van der Waals surface area contributed by atoms with E-state index >= 15 is 0 Å². The Morgan fingerprint density at radius 1 is 1.05 bits per heavy atom. The third kappa shape index (κ3) is 3.71. The molecule has 0 saturated heterocycles. The van der Waals surface area contributed by atoms with Crippen LogP contribution < -0.4 is 11.3 Å². The fraction of sp³-hybridized carbons (Fsp3) is 0.143. The van der Waals surface area contributed by atoms with Crippen molar-refractivity contribution in [3.63, 3.8) is 0 Å². The molecule has 0 aliphatic heterocycles. The Bertz CT molecular complexity index is 538. The zero-order chi connectivity index (χ0) is 13.8. The number of nitrogens with one attached hydrogen (secondary N) is 1. The van der Waals surface area contributed by atoms with Crippen LogP contribution in [0.1, 0.15) is 17.2 Å². The first-order valence-electron chi connectivity index (χ1n) is 5.76. The molecular formula is C14H13BrCl2N2. The number of rotatable bonds is 4. The van der Waals surface area contributed by atoms with Gasteiger partial charge in [0.2, 0.25) is 0 Å². The van der Waals surface area contributed by atoms with Crippen LogP contribution in [0.25, 0.3) is 0 Å². The van der Waals surface area contributed by atoms with E-state index in [2.05, 4.69) is 21.4 Å². The first-order chi connectivity index (χ1) is 9.11. The summed E-state index contributed by atoms with van der Waals surface area (Å²) in [4.78, 5) is 0. The summed E-state index contributed by atoms with van der Waals surface area (Å²) >= 11 is 15.8. The Hall–Kier alpha value is -0.580. The lowest BCUT2D eigenvalue weighted by molar-refractivity contribution is 0.552. The maximum atomic E-state index is 6.21. The van der Waals surface area contributed by atoms with E-state index in [1.807, 2.05) is 42.5 Å². The van der Waals surface area contributed by atoms with Crippen LogP contribution >= 0.6 is 39.1 Å². The molecule has 0 aliphatic carbocycles. The van der Waals surface area contributed by atoms with Crippen LogP contribution in [-0.2, 0) is 6.42 Å². The third-order valence-electron chi connectivity index (χ3n) is 2.90. The number of halogens is 3. The van der Waals surface area contributed by atoms with E-state index in [0.717, 1.165) is 15.6 Å². The molecule has 0 aliphatic rings. The van der Waals surface area contributed by atoms with Gasteiger partial charge in [-0.05, 0) is 36.2 Å². The molecular weight excluding hydrogens is 347 g/mol. The summed E-state index contributed by atoms with van der Waals surface area (Å²) in [5.41, 5.74) is 4.77. The van der Waals surface area contributed by atoms with Gasteiger partial charge in [0, 0.05) is 20.1 Å². The highest BCUT2D eigenvalue weighted by Gasteiger charge is 2.17. The van der Waals surface area contributed by atoms with E-state index in [4.69, 9.17) is 29.0 Å². The van der Waals surface area contributed by atoms with Crippen LogP contribution in [0, 0.1) is 0 Å². The van der Waals surface area contributed by atoms with Gasteiger partial charge in [0.25, 0.3) is 0 Å². The van der Waals surface area contributed by atoms with Crippen molar-refractivity contribution in [2.75, 3.05) is 0 Å². The summed E-state index contributed by atoms with van der Waals surface area (Å²) < 4.78 is 1.05. The maximum Gasteiger partial charge on any atom is 0.0529 e. The predicted molar refractivity (Wildman–Crippen MR) is 84.4 cm³/mol. The largest absolute Gasteiger partial charge is 0.271 e. The summed E-state index contributed by atoms with van der Waals surface area (Å²) in [5.74, 6) is 5.64. The first kappa shape index (κ1) is 14.8. The zero-order valence-corrected chi connectivity index (χ0v) is 13.1. The van der Waals surface area contributed by atoms with Crippen LogP contribution in [0.3, 0.4) is 0 Å². The van der Waals surface area contributed by atoms with Gasteiger partial charge in [-0.2, -0.15) is 0 Å². The molecule has 0 amide bonds. The van der Waals surface area contributed by atoms with Gasteiger partial charge in [0.1, 0.15) is 0 Å². The Labute approximate surface area is 131 Å². The van der Waals surface area contributed by atoms with E-state index in [1.165, 1.54) is 0 Å². The second kappa shape index (κ2) is 6.73. The van der Waals surface area contributed by atoms with Crippen molar-refractivity contribution in [1.29, 1.82) is 0 Å². The fourth-order valence-electron chi connectivity index (χ4n) is 1.94. The van der Waals surface area contributed by atoms with Crippen molar-refractivity contribution in [2.45, 2.75) is 12.5 Å². The molecule has 19 heavy (non-hydrogen) atoms. The van der Waals surface area contributed by atoms with Gasteiger partial charge in [0.05, 0.1) is 6.04 Å². The van der Waals surface area contributed by atoms with Gasteiger partial charge < -0.3 is 0 Å². The summed E-state index contributed by atoms with van der Waals surface area (Å²) in [5, 5.41) is 1.24. The standard InChI is InChI=1S/C14H13BrCl2N2/c15-10-6-4-9(5-7-10)8-13(19-18)14-11(16)2-1-3-12(14)17/h1-7,13,19H,8,18H2. The van der Waals surface area contributed by atoms with Crippen LogP contribution in [0.15, 0.2) is 46.9 Å². The van der Waals surface area contributed by atoms with Crippen molar-refractivity contribution in [2.24, 2.45) is 5.84 Å². The molecule has 0 fully saturated rings. The molecule has 1 atom stereocenters. The highest BCUT2D eigenvalue weighted by atomic mass is 79.9. The van der Waals surface area contributed by atoms with Crippen LogP contribution in [0.4, 0.5) is 0 Å². The van der Waals surface area contributed by atoms with Crippen molar-refractivity contribution in [1.82, 2.24) is 5.43 Å². The molecule has 2 aromatic rings. The monoisotopic (exact) mass is 358 g/mol. The molecule has 0 bridgehead atoms. The number of hydrogen-bond donors (Lipinski definition) is 2. The predicted octanol–water partition coefficient (Wildman–Crippen LogP) is 4.50. The lowest BCUT2D eigenvalue weighted by Crippen LogP contribution is -2.30. The first-order valence-corrected chi connectivity index (χ1v) is 7.31. The van der Waals surface area contributed by atoms with Gasteiger partial charge >= 0.3 is 0 Å². The SMILES string of the molecule is NNC(Cc1ccc(Br)cc1)c1c(Cl)cccc1Cl. The second-order valence-electron chi connectivity index (χ2n) is 4.19. The van der Waals surface area contributed by atoms with Gasteiger partial charge in [-0.25, -0.2) is 0 Å². The minimum atomic E-state index is -0.123. The van der Waals surface area contributed by atoms with E-state index in [1.54, 1.807) is 0 Å². The highest BCUT2D eigenvalue weighted by molar-refractivity contribution is 9.10. The number of hydrazine groups is 1. The molecule has 1 unspecified atom stereocenters. The molecule has 3 N–H and O–H groups in total. The maximum absolute atomic E-state index is 6.21. The molecule has 0 spiro atoms. The van der Waals surface area contributed by atoms with Crippen molar-refractivity contribution >= 4 is 39.1 Å². The summed E-state index contributed by atoms with van der Waals surface area (Å²) in [6.07, 6.45) is 0.716. The summed E-state index contributed by atoms with van der Waals surface area (Å²) in [6, 6.07) is 13.4. The van der Waals surface area contributed by atoms with E-state index in [0.29, 0.717) is 16.5 Å². The fourth-order valence-corrected chi connectivity index (χ4v) is 2.87. The molecule has 2 rings (SSSR count). The van der Waals surface area contributed by atoms with Crippen LogP contribution in [-0.4, -0.2) is 0 Å². The quantitative estimate of drug-likeness (QED) is 0.622. The van der Waals surface area contributed by atoms with E-state index in [9.17, 15) is 0 Å². The van der Waals surface area contributed by atoms with E-state index in [-0.39, 0.29) is 6.04 Å². The Morgan fingerprint density at radius 2 is 1.63 bits per heavy atom. The highest BCUT2D eigenvalue weighted by Crippen LogP contribution is 2.31. The Balaban J connectivity index is 2.27. The molecule has 0 heterocycles. The Kier molecular flexibility index (Phi) is 5.25. The topological polar surface area (TPSA) is 38.0 Å². The molecule has 100 valence electrons. The van der Waals surface area contributed by atoms with Crippen LogP contribution in [0.2, 0.25) is 10.0 Å². The summed E-state index contributed by atoms with van der Waals surface area (Å²) in [7, 11) is 0. The van der Waals surface area contributed by atoms with Crippen molar-refractivity contribution in [3.05, 3.63) is 68.1 Å². The van der Waals surface area contributed by atoms with E-state index < -0.39 is 0 Å². The zero-order valence-electron chi connectivity index (χ0n) is 10.0. The van der Waals surface area contributed by atoms with Gasteiger partial charge in [-0.1, -0.05) is 57.3 Å². The average molecular weight is 360 g/mol. The van der Waals surface area contributed by atoms with Gasteiger partial charge in [-0.15, -0.1) is 0 Å². The lowest BCUT2D eigenvalue weighted by atomic mass is 9.99. The lowest BCUT2D eigenvalue weighted by Gasteiger charge is -2.19. The number of nitrogens with two attached hydrogens (primary N) is 1. The molecule has 5 heteroatoms. The number of benzene rings is 2. The minimum Gasteiger partial charge on any atom is -0.271 e. The van der Waals surface area contributed by atoms with Gasteiger partial charge in [-0.3, -0.25) is 11.3 Å². The third-order valence-corrected chi connectivity index (χ3v) is 4.09. The molecule has 2 nitrogen and oxygen atoms in total. The molecule has 0 saturated carbocycles. The van der Waals surface area contributed by atoms with Gasteiger partial charge in [0.15, 0.2) is 0 Å². The van der Waals surface area contributed by atoms with Crippen LogP contribution in [0.5, 0.6) is 0 Å². The Morgan fingerprint density at radius 3 is 2.16 bits per heavy atom. The normalized spacial score (nSPS) is 12.4. The average Bonchev–Trinajstić information content (AvgIpc) is 2.39. The molecule has 2 aromatic carbocycles. The van der Waals surface area contributed by atoms with Crippen molar-refractivity contribution in [3.8, 4) is 0 Å². The minimum absolute atomic E-state index is 0.123. The smallest absolute Gasteiger partial charge is 0.0529 e. The molecule has 0 aromatic heterocycles. The molecule has 0 radical (unpaired) electrons. The van der Waals surface area contributed by atoms with Crippen molar-refractivity contribution < 1.29 is 0 Å². The number of hydrogen-bond acceptors (Lipinski definition) is 2. The summed E-state index contributed by atoms with van der Waals surface area (Å²) in [6.45, 7) is 0. The second-order valence-corrected chi connectivity index (χ2v) is 5.92.